The first-order chi connectivity index (χ1) is 7.02. The third-order valence-electron chi connectivity index (χ3n) is 1.91. The van der Waals surface area contributed by atoms with E-state index >= 15 is 0 Å². The molecule has 0 atom stereocenters. The van der Waals surface area contributed by atoms with Gasteiger partial charge < -0.3 is 3.83 Å². The number of benzene rings is 1. The first kappa shape index (κ1) is 13.7. The van der Waals surface area contributed by atoms with Gasteiger partial charge in [-0.25, -0.2) is 4.79 Å². The summed E-state index contributed by atoms with van der Waals surface area (Å²) in [5.41, 5.74) is 1.45. The summed E-state index contributed by atoms with van der Waals surface area (Å²) in [6.07, 6.45) is 0.740. The zero-order valence-electron chi connectivity index (χ0n) is 7.61. The van der Waals surface area contributed by atoms with Crippen LogP contribution in [-0.4, -0.2) is 5.97 Å². The summed E-state index contributed by atoms with van der Waals surface area (Å²) in [7, 11) is 0. The van der Waals surface area contributed by atoms with E-state index in [0.717, 1.165) is 25.4 Å². The Morgan fingerprint density at radius 1 is 1.33 bits per heavy atom. The van der Waals surface area contributed by atoms with Gasteiger partial charge in [0.2, 0.25) is 0 Å². The number of hydrogen-bond donors (Lipinski definition) is 0. The molecule has 0 N–H and O–H groups in total. The second-order valence-corrected chi connectivity index (χ2v) is 5.49. The van der Waals surface area contributed by atoms with Crippen molar-refractivity contribution in [3.05, 3.63) is 30.6 Å². The largest absolute Gasteiger partial charge is 0.380 e. The highest BCUT2D eigenvalue weighted by Crippen LogP contribution is 2.36. The van der Waals surface area contributed by atoms with Crippen LogP contribution in [-0.2, 0) is 10.2 Å². The van der Waals surface area contributed by atoms with Gasteiger partial charge in [-0.15, -0.1) is 0 Å². The molecule has 6 heteroatoms. The molecule has 0 saturated carbocycles. The molecule has 0 aromatic heterocycles. The van der Waals surface area contributed by atoms with Gasteiger partial charge in [-0.1, -0.05) is 6.92 Å². The molecular formula is C9H6Br4O2. The highest BCUT2D eigenvalue weighted by atomic mass is 79.9. The van der Waals surface area contributed by atoms with E-state index in [2.05, 4.69) is 67.9 Å². The van der Waals surface area contributed by atoms with Crippen LogP contribution < -0.4 is 0 Å². The lowest BCUT2D eigenvalue weighted by Gasteiger charge is -2.10. The van der Waals surface area contributed by atoms with Crippen molar-refractivity contribution in [2.45, 2.75) is 13.3 Å². The molecule has 0 amide bonds. The number of carbonyl (C=O) groups is 1. The lowest BCUT2D eigenvalue weighted by atomic mass is 10.1. The Morgan fingerprint density at radius 3 is 2.40 bits per heavy atom. The first-order valence-electron chi connectivity index (χ1n) is 4.02. The van der Waals surface area contributed by atoms with Crippen LogP contribution in [0.5, 0.6) is 0 Å². The highest BCUT2D eigenvalue weighted by molar-refractivity contribution is 9.14. The van der Waals surface area contributed by atoms with Crippen LogP contribution in [0.25, 0.3) is 0 Å². The van der Waals surface area contributed by atoms with Crippen LogP contribution in [0.3, 0.4) is 0 Å². The lowest BCUT2D eigenvalue weighted by molar-refractivity contribution is 0.0780. The van der Waals surface area contributed by atoms with E-state index in [1.54, 1.807) is 6.07 Å². The monoisotopic (exact) mass is 462 g/mol. The van der Waals surface area contributed by atoms with Crippen molar-refractivity contribution in [3.63, 3.8) is 0 Å². The Bertz CT molecular complexity index is 404. The molecule has 0 aliphatic carbocycles. The summed E-state index contributed by atoms with van der Waals surface area (Å²) in [5, 5.41) is 0. The first-order valence-corrected chi connectivity index (χ1v) is 7.04. The van der Waals surface area contributed by atoms with Crippen molar-refractivity contribution in [2.75, 3.05) is 0 Å². The van der Waals surface area contributed by atoms with E-state index in [1.165, 1.54) is 0 Å². The van der Waals surface area contributed by atoms with Gasteiger partial charge in [-0.3, -0.25) is 0 Å². The third-order valence-corrected chi connectivity index (χ3v) is 5.59. The maximum Gasteiger partial charge on any atom is 0.349 e. The third kappa shape index (κ3) is 2.84. The molecule has 0 aliphatic heterocycles. The molecule has 0 spiro atoms. The Balaban J connectivity index is 3.45. The molecule has 1 aromatic carbocycles. The zero-order valence-corrected chi connectivity index (χ0v) is 14.0. The molecule has 2 nitrogen and oxygen atoms in total. The summed E-state index contributed by atoms with van der Waals surface area (Å²) < 4.78 is 7.11. The fourth-order valence-corrected chi connectivity index (χ4v) is 3.13. The van der Waals surface area contributed by atoms with Gasteiger partial charge in [0.25, 0.3) is 0 Å². The predicted molar refractivity (Wildman–Crippen MR) is 73.3 cm³/mol. The fourth-order valence-electron chi connectivity index (χ4n) is 1.20. The second-order valence-electron chi connectivity index (χ2n) is 2.73. The van der Waals surface area contributed by atoms with Crippen LogP contribution in [0.1, 0.15) is 22.8 Å². The summed E-state index contributed by atoms with van der Waals surface area (Å²) in [6.45, 7) is 1.98. The van der Waals surface area contributed by atoms with Crippen molar-refractivity contribution >= 4 is 70.0 Å². The fraction of sp³-hybridized carbons (Fsp3) is 0.222. The Labute approximate surface area is 122 Å². The Kier molecular flexibility index (Phi) is 5.28. The van der Waals surface area contributed by atoms with Crippen LogP contribution in [0.4, 0.5) is 0 Å². The van der Waals surface area contributed by atoms with Crippen LogP contribution in [0.2, 0.25) is 0 Å². The van der Waals surface area contributed by atoms with Crippen molar-refractivity contribution in [3.8, 4) is 0 Å². The maximum absolute atomic E-state index is 11.5. The summed E-state index contributed by atoms with van der Waals surface area (Å²) in [6, 6.07) is 1.73. The van der Waals surface area contributed by atoms with E-state index in [-0.39, 0.29) is 0 Å². The topological polar surface area (TPSA) is 26.3 Å². The number of carbonyl (C=O) groups excluding carboxylic acids is 1. The van der Waals surface area contributed by atoms with Crippen molar-refractivity contribution in [1.82, 2.24) is 0 Å². The molecule has 0 saturated heterocycles. The average molecular weight is 466 g/mol. The minimum absolute atomic E-state index is 0.402. The SMILES string of the molecule is CCc1c(C(=O)OBr)cc(Br)c(Br)c1Br. The summed E-state index contributed by atoms with van der Waals surface area (Å²) in [5.74, 6) is -0.402. The van der Waals surface area contributed by atoms with Crippen molar-refractivity contribution < 1.29 is 8.62 Å². The zero-order chi connectivity index (χ0) is 11.6. The quantitative estimate of drug-likeness (QED) is 0.574. The summed E-state index contributed by atoms with van der Waals surface area (Å²) in [4.78, 5) is 11.5. The van der Waals surface area contributed by atoms with E-state index in [0.29, 0.717) is 5.56 Å². The van der Waals surface area contributed by atoms with Crippen LogP contribution >= 0.6 is 64.0 Å². The Hall–Kier alpha value is 0.610. The minimum atomic E-state index is -0.402. The maximum atomic E-state index is 11.5. The number of rotatable bonds is 2. The van der Waals surface area contributed by atoms with Gasteiger partial charge in [0.1, 0.15) is 0 Å². The number of halogens is 4. The van der Waals surface area contributed by atoms with E-state index in [4.69, 9.17) is 0 Å². The molecule has 0 bridgehead atoms. The van der Waals surface area contributed by atoms with Gasteiger partial charge in [0, 0.05) is 13.4 Å². The van der Waals surface area contributed by atoms with Crippen molar-refractivity contribution in [2.24, 2.45) is 0 Å². The van der Waals surface area contributed by atoms with E-state index in [1.807, 2.05) is 6.92 Å². The van der Waals surface area contributed by atoms with Gasteiger partial charge in [-0.05, 0) is 65.8 Å². The second kappa shape index (κ2) is 5.80. The number of hydrogen-bond acceptors (Lipinski definition) is 2. The highest BCUT2D eigenvalue weighted by Gasteiger charge is 2.18. The van der Waals surface area contributed by atoms with Gasteiger partial charge >= 0.3 is 5.97 Å². The molecule has 15 heavy (non-hydrogen) atoms. The molecule has 0 heterocycles. The molecule has 1 aromatic rings. The molecule has 0 aliphatic rings. The standard InChI is InChI=1S/C9H6Br4O2/c1-2-4-5(9(14)15-13)3-6(10)8(12)7(4)11/h3H,2H2,1H3. The van der Waals surface area contributed by atoms with Crippen LogP contribution in [0.15, 0.2) is 19.5 Å². The lowest BCUT2D eigenvalue weighted by Crippen LogP contribution is -2.04. The molecule has 0 fully saturated rings. The van der Waals surface area contributed by atoms with Crippen LogP contribution in [0, 0.1) is 0 Å². The van der Waals surface area contributed by atoms with Crippen molar-refractivity contribution in [1.29, 1.82) is 0 Å². The van der Waals surface area contributed by atoms with E-state index < -0.39 is 5.97 Å². The molecule has 1 rings (SSSR count). The molecule has 82 valence electrons. The van der Waals surface area contributed by atoms with E-state index in [9.17, 15) is 4.79 Å². The minimum Gasteiger partial charge on any atom is -0.380 e. The average Bonchev–Trinajstić information content (AvgIpc) is 2.24. The van der Waals surface area contributed by atoms with Gasteiger partial charge in [0.15, 0.2) is 16.3 Å². The predicted octanol–water partition coefficient (Wildman–Crippen LogP) is 5.00. The smallest absolute Gasteiger partial charge is 0.349 e. The molecule has 0 radical (unpaired) electrons. The van der Waals surface area contributed by atoms with Gasteiger partial charge in [0.05, 0.1) is 5.56 Å². The normalized spacial score (nSPS) is 10.2. The van der Waals surface area contributed by atoms with Gasteiger partial charge in [-0.2, -0.15) is 0 Å². The Morgan fingerprint density at radius 2 is 1.93 bits per heavy atom. The molecular weight excluding hydrogens is 460 g/mol. The summed E-state index contributed by atoms with van der Waals surface area (Å²) >= 11 is 12.9. The molecule has 0 unspecified atom stereocenters.